The van der Waals surface area contributed by atoms with Crippen molar-refractivity contribution in [2.75, 3.05) is 19.8 Å². The minimum atomic E-state index is -1.78. The van der Waals surface area contributed by atoms with Crippen molar-refractivity contribution in [3.63, 3.8) is 0 Å². The smallest absolute Gasteiger partial charge is 0.220 e. The number of unbranched alkanes of at least 4 members (excludes halogenated alkanes) is 13. The van der Waals surface area contributed by atoms with Crippen LogP contribution < -0.4 is 5.32 Å². The molecule has 14 heteroatoms. The first-order valence-corrected chi connectivity index (χ1v) is 19.9. The van der Waals surface area contributed by atoms with Crippen molar-refractivity contribution in [2.45, 2.75) is 203 Å². The lowest BCUT2D eigenvalue weighted by atomic mass is 9.97. The van der Waals surface area contributed by atoms with E-state index in [9.17, 15) is 45.6 Å². The molecule has 2 fully saturated rings. The molecule has 12 unspecified atom stereocenters. The largest absolute Gasteiger partial charge is 0.394 e. The summed E-state index contributed by atoms with van der Waals surface area (Å²) in [4.78, 5) is 12.9. The van der Waals surface area contributed by atoms with Gasteiger partial charge in [0.1, 0.15) is 48.8 Å². The van der Waals surface area contributed by atoms with Crippen molar-refractivity contribution >= 4 is 5.91 Å². The number of amides is 1. The number of hydrogen-bond acceptors (Lipinski definition) is 13. The minimum Gasteiger partial charge on any atom is -0.394 e. The van der Waals surface area contributed by atoms with Gasteiger partial charge >= 0.3 is 0 Å². The van der Waals surface area contributed by atoms with Gasteiger partial charge in [0.15, 0.2) is 12.6 Å². The van der Waals surface area contributed by atoms with Crippen LogP contribution >= 0.6 is 0 Å². The topological polar surface area (TPSA) is 228 Å². The molecule has 0 aromatic carbocycles. The minimum absolute atomic E-state index is 0.227. The van der Waals surface area contributed by atoms with E-state index < -0.39 is 86.8 Å². The molecule has 0 aromatic heterocycles. The summed E-state index contributed by atoms with van der Waals surface area (Å²) in [6.07, 6.45) is 5.94. The number of nitrogens with one attached hydrogen (secondary N) is 1. The molecule has 0 spiro atoms. The Balaban J connectivity index is 1.85. The van der Waals surface area contributed by atoms with E-state index in [1.54, 1.807) is 0 Å². The summed E-state index contributed by atoms with van der Waals surface area (Å²) in [5.74, 6) is -0.227. The molecule has 0 aromatic rings. The average Bonchev–Trinajstić information content (AvgIpc) is 3.14. The zero-order chi connectivity index (χ0) is 38.3. The van der Waals surface area contributed by atoms with Crippen molar-refractivity contribution in [3.8, 4) is 0 Å². The zero-order valence-corrected chi connectivity index (χ0v) is 31.6. The third-order valence-corrected chi connectivity index (χ3v) is 9.98. The summed E-state index contributed by atoms with van der Waals surface area (Å²) in [6.45, 7) is 2.66. The summed E-state index contributed by atoms with van der Waals surface area (Å²) in [6, 6.07) is -0.823. The van der Waals surface area contributed by atoms with E-state index in [0.29, 0.717) is 19.3 Å². The van der Waals surface area contributed by atoms with E-state index in [2.05, 4.69) is 31.3 Å². The van der Waals surface area contributed by atoms with Crippen LogP contribution in [0, 0.1) is 0 Å². The van der Waals surface area contributed by atoms with Crippen LogP contribution in [0.15, 0.2) is 12.2 Å². The molecule has 0 saturated carbocycles. The fourth-order valence-corrected chi connectivity index (χ4v) is 6.58. The van der Waals surface area contributed by atoms with E-state index in [0.717, 1.165) is 64.2 Å². The van der Waals surface area contributed by atoms with Crippen LogP contribution in [-0.4, -0.2) is 140 Å². The average molecular weight is 750 g/mol. The molecule has 0 radical (unpaired) electrons. The van der Waals surface area contributed by atoms with Crippen LogP contribution in [-0.2, 0) is 23.7 Å². The molecule has 2 aliphatic heterocycles. The third kappa shape index (κ3) is 16.6. The number of carbonyl (C=O) groups excluding carboxylic acids is 1. The number of ether oxygens (including phenoxy) is 4. The van der Waals surface area contributed by atoms with Gasteiger partial charge in [0.2, 0.25) is 5.91 Å². The highest BCUT2D eigenvalue weighted by molar-refractivity contribution is 5.76. The highest BCUT2D eigenvalue weighted by Gasteiger charge is 2.50. The fraction of sp³-hybridized carbons (Fsp3) is 0.921. The van der Waals surface area contributed by atoms with Crippen LogP contribution in [0.3, 0.4) is 0 Å². The molecule has 306 valence electrons. The van der Waals surface area contributed by atoms with Crippen molar-refractivity contribution in [3.05, 3.63) is 12.2 Å². The van der Waals surface area contributed by atoms with Gasteiger partial charge in [-0.25, -0.2) is 0 Å². The van der Waals surface area contributed by atoms with Gasteiger partial charge in [0.05, 0.1) is 32.0 Å². The first-order chi connectivity index (χ1) is 25.1. The van der Waals surface area contributed by atoms with Crippen LogP contribution in [0.25, 0.3) is 0 Å². The molecule has 9 N–H and O–H groups in total. The predicted octanol–water partition coefficient (Wildman–Crippen LogP) is 2.09. The Morgan fingerprint density at radius 2 is 1.21 bits per heavy atom. The maximum absolute atomic E-state index is 12.9. The van der Waals surface area contributed by atoms with Gasteiger partial charge in [0.25, 0.3) is 0 Å². The Morgan fingerprint density at radius 3 is 1.83 bits per heavy atom. The lowest BCUT2D eigenvalue weighted by Gasteiger charge is -2.46. The quantitative estimate of drug-likeness (QED) is 0.0413. The Morgan fingerprint density at radius 1 is 0.673 bits per heavy atom. The molecule has 2 saturated heterocycles. The summed E-state index contributed by atoms with van der Waals surface area (Å²) >= 11 is 0. The van der Waals surface area contributed by atoms with Gasteiger partial charge < -0.3 is 65.1 Å². The molecule has 0 aliphatic carbocycles. The Kier molecular flexibility index (Phi) is 24.6. The van der Waals surface area contributed by atoms with Gasteiger partial charge in [-0.1, -0.05) is 96.6 Å². The second kappa shape index (κ2) is 27.3. The maximum Gasteiger partial charge on any atom is 0.220 e. The zero-order valence-electron chi connectivity index (χ0n) is 31.6. The van der Waals surface area contributed by atoms with Crippen molar-refractivity contribution in [2.24, 2.45) is 0 Å². The van der Waals surface area contributed by atoms with Crippen molar-refractivity contribution in [1.82, 2.24) is 5.32 Å². The first kappa shape index (κ1) is 46.9. The SMILES string of the molecule is CCCCCCC/C=C\CCCCCCCC(=O)NC(COC1OC(CO)C(OC2OC(CO)C(O)C(O)C2O)C(O)C1O)C(O)CCCCCC. The molecular formula is C38H71NO13. The number of carbonyl (C=O) groups is 1. The maximum atomic E-state index is 12.9. The van der Waals surface area contributed by atoms with E-state index in [4.69, 9.17) is 18.9 Å². The molecule has 12 atom stereocenters. The number of allylic oxidation sites excluding steroid dienone is 2. The molecular weight excluding hydrogens is 678 g/mol. The van der Waals surface area contributed by atoms with E-state index in [1.807, 2.05) is 0 Å². The second-order valence-electron chi connectivity index (χ2n) is 14.4. The molecule has 1 amide bonds. The van der Waals surface area contributed by atoms with Gasteiger partial charge in [0, 0.05) is 6.42 Å². The number of aliphatic hydroxyl groups excluding tert-OH is 8. The van der Waals surface area contributed by atoms with Crippen molar-refractivity contribution in [1.29, 1.82) is 0 Å². The van der Waals surface area contributed by atoms with Gasteiger partial charge in [-0.3, -0.25) is 4.79 Å². The summed E-state index contributed by atoms with van der Waals surface area (Å²) in [7, 11) is 0. The highest BCUT2D eigenvalue weighted by atomic mass is 16.7. The fourth-order valence-electron chi connectivity index (χ4n) is 6.58. The summed E-state index contributed by atoms with van der Waals surface area (Å²) in [5.41, 5.74) is 0. The summed E-state index contributed by atoms with van der Waals surface area (Å²) < 4.78 is 22.5. The normalized spacial score (nSPS) is 30.8. The number of hydrogen-bond donors (Lipinski definition) is 9. The highest BCUT2D eigenvalue weighted by Crippen LogP contribution is 2.30. The monoisotopic (exact) mass is 749 g/mol. The van der Waals surface area contributed by atoms with Gasteiger partial charge in [-0.2, -0.15) is 0 Å². The summed E-state index contributed by atoms with van der Waals surface area (Å²) in [5, 5.41) is 85.7. The lowest BCUT2D eigenvalue weighted by molar-refractivity contribution is -0.359. The van der Waals surface area contributed by atoms with E-state index >= 15 is 0 Å². The molecule has 2 rings (SSSR count). The van der Waals surface area contributed by atoms with Crippen molar-refractivity contribution < 1.29 is 64.6 Å². The van der Waals surface area contributed by atoms with Crippen LogP contribution in [0.4, 0.5) is 0 Å². The van der Waals surface area contributed by atoms with Crippen LogP contribution in [0.5, 0.6) is 0 Å². The molecule has 2 heterocycles. The predicted molar refractivity (Wildman–Crippen MR) is 194 cm³/mol. The molecule has 2 aliphatic rings. The molecule has 0 bridgehead atoms. The van der Waals surface area contributed by atoms with Gasteiger partial charge in [-0.15, -0.1) is 0 Å². The van der Waals surface area contributed by atoms with Gasteiger partial charge in [-0.05, 0) is 38.5 Å². The van der Waals surface area contributed by atoms with Crippen LogP contribution in [0.2, 0.25) is 0 Å². The Labute approximate surface area is 310 Å². The molecule has 52 heavy (non-hydrogen) atoms. The van der Waals surface area contributed by atoms with E-state index in [-0.39, 0.29) is 12.5 Å². The second-order valence-corrected chi connectivity index (χ2v) is 14.4. The molecule has 14 nitrogen and oxygen atoms in total. The Hall–Kier alpha value is -1.27. The first-order valence-electron chi connectivity index (χ1n) is 19.9. The van der Waals surface area contributed by atoms with Crippen LogP contribution in [0.1, 0.15) is 129 Å². The third-order valence-electron chi connectivity index (χ3n) is 9.98. The van der Waals surface area contributed by atoms with E-state index in [1.165, 1.54) is 32.1 Å². The Bertz CT molecular complexity index is 941. The number of aliphatic hydroxyl groups is 8. The standard InChI is InChI=1S/C38H71NO13/c1-3-5-7-9-10-11-12-13-14-15-16-17-18-20-22-30(43)39-26(27(42)21-19-8-6-4-2)25-49-37-35(48)33(46)36(29(24-41)51-37)52-38-34(47)32(45)31(44)28(23-40)50-38/h12-13,26-29,31-38,40-42,44-48H,3-11,14-25H2,1-2H3,(H,39,43)/b13-12-. The number of rotatable bonds is 28. The lowest BCUT2D eigenvalue weighted by Crippen LogP contribution is -2.65.